The molecule has 3 aromatic carbocycles. The number of aryl methyl sites for hydroxylation is 2. The van der Waals surface area contributed by atoms with Gasteiger partial charge in [-0.1, -0.05) is 57.0 Å². The third-order valence-electron chi connectivity index (χ3n) is 4.99. The first-order valence-corrected chi connectivity index (χ1v) is 12.3. The van der Waals surface area contributed by atoms with Crippen LogP contribution in [0.15, 0.2) is 64.2 Å². The minimum atomic E-state index is -0.343. The molecule has 4 aromatic rings. The number of hydrogen-bond acceptors (Lipinski definition) is 6. The molecule has 3 N–H and O–H groups in total. The van der Waals surface area contributed by atoms with Gasteiger partial charge < -0.3 is 15.5 Å². The maximum absolute atomic E-state index is 12.6. The van der Waals surface area contributed by atoms with Gasteiger partial charge in [-0.3, -0.25) is 9.36 Å². The molecule has 10 heteroatoms. The number of carbonyl (C=O) groups excluding carboxylic acids is 1. The molecule has 7 nitrogen and oxygen atoms in total. The van der Waals surface area contributed by atoms with Crippen molar-refractivity contribution in [3.8, 4) is 28.6 Å². The summed E-state index contributed by atoms with van der Waals surface area (Å²) in [4.78, 5) is 12.6. The van der Waals surface area contributed by atoms with Gasteiger partial charge in [0, 0.05) is 9.50 Å². The number of aromatic nitrogens is 3. The van der Waals surface area contributed by atoms with Crippen LogP contribution >= 0.6 is 39.3 Å². The summed E-state index contributed by atoms with van der Waals surface area (Å²) in [7, 11) is 0. The summed E-state index contributed by atoms with van der Waals surface area (Å²) in [5.41, 5.74) is 3.66. The summed E-state index contributed by atoms with van der Waals surface area (Å²) in [6.07, 6.45) is 0. The molecular weight excluding hydrogens is 540 g/mol. The van der Waals surface area contributed by atoms with E-state index in [0.717, 1.165) is 21.3 Å². The van der Waals surface area contributed by atoms with Gasteiger partial charge in [-0.25, -0.2) is 0 Å². The number of benzene rings is 3. The van der Waals surface area contributed by atoms with Crippen molar-refractivity contribution in [2.24, 2.45) is 0 Å². The average molecular weight is 560 g/mol. The van der Waals surface area contributed by atoms with Crippen molar-refractivity contribution in [1.29, 1.82) is 0 Å². The number of aromatic hydroxyl groups is 2. The molecule has 0 atom stereocenters. The maximum atomic E-state index is 12.6. The Hall–Kier alpha value is -3.01. The van der Waals surface area contributed by atoms with E-state index in [1.165, 1.54) is 30.0 Å². The molecule has 34 heavy (non-hydrogen) atoms. The highest BCUT2D eigenvalue weighted by atomic mass is 79.9. The molecule has 0 saturated heterocycles. The van der Waals surface area contributed by atoms with E-state index in [2.05, 4.69) is 31.4 Å². The summed E-state index contributed by atoms with van der Waals surface area (Å²) in [5, 5.41) is 32.6. The van der Waals surface area contributed by atoms with Gasteiger partial charge in [-0.15, -0.1) is 10.2 Å². The molecule has 0 aliphatic carbocycles. The third kappa shape index (κ3) is 5.22. The fourth-order valence-corrected chi connectivity index (χ4v) is 4.70. The molecule has 4 rings (SSSR count). The molecule has 0 spiro atoms. The number of anilines is 1. The van der Waals surface area contributed by atoms with E-state index >= 15 is 0 Å². The molecule has 0 unspecified atom stereocenters. The fourth-order valence-electron chi connectivity index (χ4n) is 3.42. The predicted octanol–water partition coefficient (Wildman–Crippen LogP) is 6.11. The molecule has 0 bridgehead atoms. The second-order valence-electron chi connectivity index (χ2n) is 7.59. The zero-order valence-electron chi connectivity index (χ0n) is 18.2. The first kappa shape index (κ1) is 24.1. The first-order valence-electron chi connectivity index (χ1n) is 10.2. The van der Waals surface area contributed by atoms with Gasteiger partial charge in [0.05, 0.1) is 22.7 Å². The van der Waals surface area contributed by atoms with Gasteiger partial charge in [0.25, 0.3) is 0 Å². The van der Waals surface area contributed by atoms with E-state index in [9.17, 15) is 15.0 Å². The number of nitrogens with one attached hydrogen (secondary N) is 1. The first-order chi connectivity index (χ1) is 16.2. The molecular formula is C24H20BrClN4O3S. The number of phenols is 2. The monoisotopic (exact) mass is 558 g/mol. The highest BCUT2D eigenvalue weighted by Crippen LogP contribution is 2.35. The lowest BCUT2D eigenvalue weighted by Crippen LogP contribution is -2.14. The van der Waals surface area contributed by atoms with Gasteiger partial charge in [-0.05, 0) is 61.9 Å². The van der Waals surface area contributed by atoms with E-state index in [1.54, 1.807) is 18.2 Å². The van der Waals surface area contributed by atoms with E-state index in [1.807, 2.05) is 36.6 Å². The molecule has 1 amide bonds. The zero-order valence-corrected chi connectivity index (χ0v) is 21.4. The molecule has 1 aromatic heterocycles. The Bertz CT molecular complexity index is 1390. The number of halogens is 2. The van der Waals surface area contributed by atoms with Gasteiger partial charge in [-0.2, -0.15) is 0 Å². The van der Waals surface area contributed by atoms with Crippen molar-refractivity contribution < 1.29 is 15.0 Å². The summed E-state index contributed by atoms with van der Waals surface area (Å²) >= 11 is 10.6. The van der Waals surface area contributed by atoms with Crippen LogP contribution in [0, 0.1) is 13.8 Å². The summed E-state index contributed by atoms with van der Waals surface area (Å²) in [6.45, 7) is 3.99. The van der Waals surface area contributed by atoms with Crippen LogP contribution in [-0.2, 0) is 4.79 Å². The quantitative estimate of drug-likeness (QED) is 0.195. The van der Waals surface area contributed by atoms with E-state index in [0.29, 0.717) is 21.6 Å². The SMILES string of the molecule is Cc1ccc(-n2c(SCC(=O)Nc3cc(Cl)ccc3O)nnc2-c2cc(Br)ccc2O)c(C)c1. The lowest BCUT2D eigenvalue weighted by atomic mass is 10.1. The lowest BCUT2D eigenvalue weighted by molar-refractivity contribution is -0.113. The van der Waals surface area contributed by atoms with Crippen LogP contribution in [0.3, 0.4) is 0 Å². The largest absolute Gasteiger partial charge is 0.507 e. The molecule has 0 radical (unpaired) electrons. The second kappa shape index (κ2) is 10.1. The van der Waals surface area contributed by atoms with Crippen molar-refractivity contribution in [3.05, 3.63) is 75.2 Å². The molecule has 174 valence electrons. The number of phenolic OH excluding ortho intramolecular Hbond substituents is 2. The Labute approximate surface area is 213 Å². The van der Waals surface area contributed by atoms with Crippen LogP contribution < -0.4 is 5.32 Å². The summed E-state index contributed by atoms with van der Waals surface area (Å²) in [5.74, 6) is 0.103. The number of rotatable bonds is 6. The molecule has 0 fully saturated rings. The van der Waals surface area contributed by atoms with Crippen LogP contribution in [0.2, 0.25) is 5.02 Å². The van der Waals surface area contributed by atoms with Gasteiger partial charge >= 0.3 is 0 Å². The zero-order chi connectivity index (χ0) is 24.4. The minimum absolute atomic E-state index is 0.0134. The van der Waals surface area contributed by atoms with Crippen molar-refractivity contribution in [2.45, 2.75) is 19.0 Å². The minimum Gasteiger partial charge on any atom is -0.507 e. The van der Waals surface area contributed by atoms with Crippen LogP contribution in [0.1, 0.15) is 11.1 Å². The van der Waals surface area contributed by atoms with Crippen LogP contribution in [0.4, 0.5) is 5.69 Å². The molecule has 0 saturated carbocycles. The van der Waals surface area contributed by atoms with Crippen molar-refractivity contribution in [2.75, 3.05) is 11.1 Å². The molecule has 1 heterocycles. The van der Waals surface area contributed by atoms with Crippen LogP contribution in [0.5, 0.6) is 11.5 Å². The summed E-state index contributed by atoms with van der Waals surface area (Å²) in [6, 6.07) is 15.5. The lowest BCUT2D eigenvalue weighted by Gasteiger charge is -2.14. The second-order valence-corrected chi connectivity index (χ2v) is 9.89. The average Bonchev–Trinajstić information content (AvgIpc) is 3.20. The Morgan fingerprint density at radius 1 is 1.06 bits per heavy atom. The fraction of sp³-hybridized carbons (Fsp3) is 0.125. The van der Waals surface area contributed by atoms with Crippen molar-refractivity contribution >= 4 is 50.9 Å². The number of thioether (sulfide) groups is 1. The topological polar surface area (TPSA) is 100 Å². The maximum Gasteiger partial charge on any atom is 0.234 e. The van der Waals surface area contributed by atoms with E-state index < -0.39 is 0 Å². The smallest absolute Gasteiger partial charge is 0.234 e. The summed E-state index contributed by atoms with van der Waals surface area (Å²) < 4.78 is 2.61. The number of carbonyl (C=O) groups is 1. The van der Waals surface area contributed by atoms with Gasteiger partial charge in [0.2, 0.25) is 5.91 Å². The van der Waals surface area contributed by atoms with Crippen molar-refractivity contribution in [1.82, 2.24) is 14.8 Å². The highest BCUT2D eigenvalue weighted by molar-refractivity contribution is 9.10. The molecule has 0 aliphatic heterocycles. The Morgan fingerprint density at radius 3 is 2.59 bits per heavy atom. The Balaban J connectivity index is 1.68. The predicted molar refractivity (Wildman–Crippen MR) is 138 cm³/mol. The highest BCUT2D eigenvalue weighted by Gasteiger charge is 2.21. The molecule has 0 aliphatic rings. The van der Waals surface area contributed by atoms with Crippen molar-refractivity contribution in [3.63, 3.8) is 0 Å². The van der Waals surface area contributed by atoms with Gasteiger partial charge in [0.15, 0.2) is 11.0 Å². The number of amides is 1. The number of hydrogen-bond donors (Lipinski definition) is 3. The van der Waals surface area contributed by atoms with E-state index in [4.69, 9.17) is 11.6 Å². The van der Waals surface area contributed by atoms with Crippen LogP contribution in [-0.4, -0.2) is 36.6 Å². The standard InChI is InChI=1S/C24H20BrClN4O3S/c1-13-3-6-19(14(2)9-13)30-23(17-10-15(25)4-7-20(17)31)28-29-24(30)34-12-22(33)27-18-11-16(26)5-8-21(18)32/h3-11,31-32H,12H2,1-2H3,(H,27,33). The number of nitrogens with zero attached hydrogens (tertiary/aromatic N) is 3. The Morgan fingerprint density at radius 2 is 1.82 bits per heavy atom. The normalized spacial score (nSPS) is 10.9. The Kier molecular flexibility index (Phi) is 7.16. The third-order valence-corrected chi connectivity index (χ3v) is 6.65. The van der Waals surface area contributed by atoms with Gasteiger partial charge in [0.1, 0.15) is 11.5 Å². The van der Waals surface area contributed by atoms with E-state index in [-0.39, 0.29) is 28.8 Å². The van der Waals surface area contributed by atoms with Crippen LogP contribution in [0.25, 0.3) is 17.1 Å².